The SMILES string of the molecule is C=CCN(CCCCC)OC(=O)c1ccccc1. The van der Waals surface area contributed by atoms with Gasteiger partial charge in [0.05, 0.1) is 12.1 Å². The van der Waals surface area contributed by atoms with Crippen LogP contribution in [0.1, 0.15) is 36.5 Å². The van der Waals surface area contributed by atoms with Crippen LogP contribution >= 0.6 is 0 Å². The van der Waals surface area contributed by atoms with E-state index in [0.717, 1.165) is 25.8 Å². The third-order valence-corrected chi connectivity index (χ3v) is 2.57. The van der Waals surface area contributed by atoms with Gasteiger partial charge >= 0.3 is 5.97 Å². The summed E-state index contributed by atoms with van der Waals surface area (Å²) in [6.45, 7) is 7.13. The average molecular weight is 247 g/mol. The van der Waals surface area contributed by atoms with E-state index < -0.39 is 0 Å². The van der Waals surface area contributed by atoms with Crippen molar-refractivity contribution in [3.63, 3.8) is 0 Å². The minimum atomic E-state index is -0.311. The Hall–Kier alpha value is -1.61. The van der Waals surface area contributed by atoms with E-state index in [0.29, 0.717) is 12.1 Å². The molecule has 0 saturated carbocycles. The van der Waals surface area contributed by atoms with Crippen LogP contribution < -0.4 is 0 Å². The van der Waals surface area contributed by atoms with E-state index in [1.807, 2.05) is 18.2 Å². The number of carbonyl (C=O) groups is 1. The van der Waals surface area contributed by atoms with Gasteiger partial charge in [0.2, 0.25) is 0 Å². The molecule has 0 aliphatic rings. The molecular weight excluding hydrogens is 226 g/mol. The van der Waals surface area contributed by atoms with Gasteiger partial charge in [-0.05, 0) is 18.6 Å². The Kier molecular flexibility index (Phi) is 6.81. The fraction of sp³-hybridized carbons (Fsp3) is 0.400. The summed E-state index contributed by atoms with van der Waals surface area (Å²) in [6.07, 6.45) is 5.04. The van der Waals surface area contributed by atoms with Crippen LogP contribution in [0.5, 0.6) is 0 Å². The topological polar surface area (TPSA) is 29.5 Å². The predicted molar refractivity (Wildman–Crippen MR) is 73.2 cm³/mol. The molecule has 0 aliphatic heterocycles. The molecule has 0 fully saturated rings. The van der Waals surface area contributed by atoms with Crippen LogP contribution in [-0.2, 0) is 4.84 Å². The summed E-state index contributed by atoms with van der Waals surface area (Å²) in [6, 6.07) is 9.03. The zero-order chi connectivity index (χ0) is 13.2. The second-order valence-electron chi connectivity index (χ2n) is 4.13. The minimum Gasteiger partial charge on any atom is -0.364 e. The summed E-state index contributed by atoms with van der Waals surface area (Å²) in [5.41, 5.74) is 0.571. The Balaban J connectivity index is 2.49. The van der Waals surface area contributed by atoms with Crippen LogP contribution in [-0.4, -0.2) is 24.1 Å². The maximum absolute atomic E-state index is 11.9. The number of hydrogen-bond acceptors (Lipinski definition) is 3. The van der Waals surface area contributed by atoms with Crippen LogP contribution in [0.4, 0.5) is 0 Å². The molecule has 0 aliphatic carbocycles. The molecule has 1 aromatic rings. The van der Waals surface area contributed by atoms with E-state index in [1.165, 1.54) is 0 Å². The van der Waals surface area contributed by atoms with Crippen LogP contribution in [0.25, 0.3) is 0 Å². The minimum absolute atomic E-state index is 0.311. The molecule has 0 atom stereocenters. The number of carbonyl (C=O) groups excluding carboxylic acids is 1. The first-order valence-electron chi connectivity index (χ1n) is 6.41. The molecule has 0 N–H and O–H groups in total. The first-order valence-corrected chi connectivity index (χ1v) is 6.41. The zero-order valence-electron chi connectivity index (χ0n) is 11.0. The third-order valence-electron chi connectivity index (χ3n) is 2.57. The summed E-state index contributed by atoms with van der Waals surface area (Å²) in [5.74, 6) is -0.311. The van der Waals surface area contributed by atoms with E-state index in [4.69, 9.17) is 4.84 Å². The Morgan fingerprint density at radius 3 is 2.67 bits per heavy atom. The van der Waals surface area contributed by atoms with Crippen molar-refractivity contribution in [1.82, 2.24) is 5.06 Å². The van der Waals surface area contributed by atoms with Crippen molar-refractivity contribution in [2.24, 2.45) is 0 Å². The Labute approximate surface area is 109 Å². The molecule has 0 bridgehead atoms. The largest absolute Gasteiger partial charge is 0.364 e. The molecule has 0 saturated heterocycles. The van der Waals surface area contributed by atoms with Crippen molar-refractivity contribution in [1.29, 1.82) is 0 Å². The predicted octanol–water partition coefficient (Wildman–Crippen LogP) is 3.44. The molecule has 98 valence electrons. The highest BCUT2D eigenvalue weighted by Crippen LogP contribution is 2.05. The average Bonchev–Trinajstić information content (AvgIpc) is 2.40. The fourth-order valence-electron chi connectivity index (χ4n) is 1.60. The van der Waals surface area contributed by atoms with Gasteiger partial charge in [0.15, 0.2) is 0 Å². The molecule has 0 amide bonds. The molecule has 0 heterocycles. The summed E-state index contributed by atoms with van der Waals surface area (Å²) in [4.78, 5) is 17.2. The monoisotopic (exact) mass is 247 g/mol. The second kappa shape index (κ2) is 8.48. The Bertz CT molecular complexity index is 362. The normalized spacial score (nSPS) is 10.3. The molecule has 1 aromatic carbocycles. The van der Waals surface area contributed by atoms with Gasteiger partial charge in [-0.25, -0.2) is 4.79 Å². The van der Waals surface area contributed by atoms with Gasteiger partial charge in [0.25, 0.3) is 0 Å². The maximum Gasteiger partial charge on any atom is 0.357 e. The third kappa shape index (κ3) is 5.15. The summed E-state index contributed by atoms with van der Waals surface area (Å²) >= 11 is 0. The highest BCUT2D eigenvalue weighted by Gasteiger charge is 2.11. The summed E-state index contributed by atoms with van der Waals surface area (Å²) < 4.78 is 0. The molecule has 0 aromatic heterocycles. The molecule has 3 heteroatoms. The lowest BCUT2D eigenvalue weighted by molar-refractivity contribution is -0.102. The van der Waals surface area contributed by atoms with Crippen molar-refractivity contribution in [3.8, 4) is 0 Å². The Morgan fingerprint density at radius 2 is 2.06 bits per heavy atom. The van der Waals surface area contributed by atoms with E-state index in [9.17, 15) is 4.79 Å². The van der Waals surface area contributed by atoms with Gasteiger partial charge in [-0.2, -0.15) is 0 Å². The van der Waals surface area contributed by atoms with Gasteiger partial charge in [-0.3, -0.25) is 0 Å². The van der Waals surface area contributed by atoms with Crippen LogP contribution in [0.3, 0.4) is 0 Å². The summed E-state index contributed by atoms with van der Waals surface area (Å²) in [5, 5.41) is 1.66. The molecule has 3 nitrogen and oxygen atoms in total. The van der Waals surface area contributed by atoms with Gasteiger partial charge in [0.1, 0.15) is 0 Å². The van der Waals surface area contributed by atoms with Crippen LogP contribution in [0, 0.1) is 0 Å². The molecular formula is C15H21NO2. The van der Waals surface area contributed by atoms with Crippen LogP contribution in [0.15, 0.2) is 43.0 Å². The number of hydroxylamine groups is 2. The van der Waals surface area contributed by atoms with Crippen molar-refractivity contribution < 1.29 is 9.63 Å². The van der Waals surface area contributed by atoms with Crippen molar-refractivity contribution in [2.75, 3.05) is 13.1 Å². The van der Waals surface area contributed by atoms with Crippen molar-refractivity contribution in [3.05, 3.63) is 48.6 Å². The number of hydrogen-bond donors (Lipinski definition) is 0. The van der Waals surface area contributed by atoms with Crippen molar-refractivity contribution >= 4 is 5.97 Å². The number of unbranched alkanes of at least 4 members (excludes halogenated alkanes) is 2. The zero-order valence-corrected chi connectivity index (χ0v) is 11.0. The van der Waals surface area contributed by atoms with Gasteiger partial charge in [0, 0.05) is 6.54 Å². The lowest BCUT2D eigenvalue weighted by Gasteiger charge is -2.19. The second-order valence-corrected chi connectivity index (χ2v) is 4.13. The van der Waals surface area contributed by atoms with Gasteiger partial charge in [-0.1, -0.05) is 44.0 Å². The molecule has 1 rings (SSSR count). The summed E-state index contributed by atoms with van der Waals surface area (Å²) in [7, 11) is 0. The lowest BCUT2D eigenvalue weighted by atomic mass is 10.2. The first kappa shape index (κ1) is 14.5. The standard InChI is InChI=1S/C15H21NO2/c1-3-5-9-13-16(12-4-2)18-15(17)14-10-7-6-8-11-14/h4,6-8,10-11H,2-3,5,9,12-13H2,1H3. The van der Waals surface area contributed by atoms with Crippen molar-refractivity contribution in [2.45, 2.75) is 26.2 Å². The first-order chi connectivity index (χ1) is 8.77. The van der Waals surface area contributed by atoms with Gasteiger partial charge < -0.3 is 4.84 Å². The Morgan fingerprint density at radius 1 is 1.33 bits per heavy atom. The van der Waals surface area contributed by atoms with E-state index >= 15 is 0 Å². The van der Waals surface area contributed by atoms with E-state index in [2.05, 4.69) is 13.5 Å². The fourth-order valence-corrected chi connectivity index (χ4v) is 1.60. The number of rotatable bonds is 8. The molecule has 18 heavy (non-hydrogen) atoms. The number of nitrogens with zero attached hydrogens (tertiary/aromatic N) is 1. The highest BCUT2D eigenvalue weighted by atomic mass is 16.7. The van der Waals surface area contributed by atoms with E-state index in [1.54, 1.807) is 23.3 Å². The highest BCUT2D eigenvalue weighted by molar-refractivity contribution is 5.89. The smallest absolute Gasteiger partial charge is 0.357 e. The molecule has 0 radical (unpaired) electrons. The van der Waals surface area contributed by atoms with E-state index in [-0.39, 0.29) is 5.97 Å². The van der Waals surface area contributed by atoms with Crippen LogP contribution in [0.2, 0.25) is 0 Å². The quantitative estimate of drug-likeness (QED) is 0.400. The number of benzene rings is 1. The van der Waals surface area contributed by atoms with Gasteiger partial charge in [-0.15, -0.1) is 11.6 Å². The molecule has 0 spiro atoms. The lowest BCUT2D eigenvalue weighted by Crippen LogP contribution is -2.28. The maximum atomic E-state index is 11.9. The molecule has 0 unspecified atom stereocenters.